The number of nitrogens with zero attached hydrogens (tertiary/aromatic N) is 6. The molecule has 3 aliphatic heterocycles. The summed E-state index contributed by atoms with van der Waals surface area (Å²) < 4.78 is 95.1. The van der Waals surface area contributed by atoms with Gasteiger partial charge >= 0.3 is 0 Å². The predicted octanol–water partition coefficient (Wildman–Crippen LogP) is 1.93. The molecular formula is C22H52N6O20P6. The van der Waals surface area contributed by atoms with Gasteiger partial charge in [-0.25, -0.2) is 0 Å². The van der Waals surface area contributed by atoms with Gasteiger partial charge in [0.25, 0.3) is 0 Å². The second kappa shape index (κ2) is 25.3. The molecule has 8 N–H and O–H groups in total. The smallest absolute Gasteiger partial charge is 0.218 e. The second-order valence-corrected chi connectivity index (χ2v) is 25.3. The molecule has 3 aliphatic rings. The van der Waals surface area contributed by atoms with Crippen molar-refractivity contribution in [3.63, 3.8) is 0 Å². The van der Waals surface area contributed by atoms with E-state index in [-0.39, 0.29) is 76.2 Å². The average Bonchev–Trinajstić information content (AvgIpc) is 3.10. The van der Waals surface area contributed by atoms with Crippen LogP contribution in [0.4, 0.5) is 0 Å². The fraction of sp³-hybridized carbons (Fsp3) is 1.00. The average molecular weight is 907 g/mol. The van der Waals surface area contributed by atoms with E-state index in [0.717, 1.165) is 0 Å². The summed E-state index contributed by atoms with van der Waals surface area (Å²) in [5.41, 5.74) is 0. The lowest BCUT2D eigenvalue weighted by molar-refractivity contribution is 0.0403. The third-order valence-corrected chi connectivity index (χ3v) is 21.8. The summed E-state index contributed by atoms with van der Waals surface area (Å²) in [7, 11) is -18.9. The molecule has 0 aromatic carbocycles. The van der Waals surface area contributed by atoms with E-state index < -0.39 is 113 Å². The van der Waals surface area contributed by atoms with Gasteiger partial charge in [0, 0.05) is 0 Å². The zero-order chi connectivity index (χ0) is 39.3. The largest absolute Gasteiger partial charge is 0.370 e. The van der Waals surface area contributed by atoms with E-state index in [9.17, 15) is 40.9 Å². The molecule has 32 heteroatoms. The van der Waals surface area contributed by atoms with E-state index in [1.165, 1.54) is 0 Å². The van der Waals surface area contributed by atoms with Crippen molar-refractivity contribution in [2.24, 2.45) is 28.5 Å². The van der Waals surface area contributed by atoms with Crippen molar-refractivity contribution in [1.29, 1.82) is 0 Å². The minimum Gasteiger partial charge on any atom is -0.370 e. The van der Waals surface area contributed by atoms with Crippen LogP contribution in [-0.4, -0.2) is 185 Å². The molecule has 0 aromatic rings. The van der Waals surface area contributed by atoms with E-state index in [1.54, 1.807) is 0 Å². The highest BCUT2D eigenvalue weighted by molar-refractivity contribution is 7.59. The van der Waals surface area contributed by atoms with Gasteiger partial charge in [-0.15, -0.1) is 0 Å². The summed E-state index contributed by atoms with van der Waals surface area (Å²) in [6.45, 7) is -6.51. The van der Waals surface area contributed by atoms with Crippen molar-refractivity contribution < 1.29 is 95.1 Å². The van der Waals surface area contributed by atoms with Gasteiger partial charge in [0.15, 0.2) is 67.9 Å². The van der Waals surface area contributed by atoms with Crippen molar-refractivity contribution >= 4 is 45.0 Å². The van der Waals surface area contributed by atoms with Crippen LogP contribution in [0.2, 0.25) is 0 Å². The topological polar surface area (TPSA) is 347 Å². The molecule has 3 heterocycles. The fourth-order valence-corrected chi connectivity index (χ4v) is 16.7. The molecule has 0 radical (unpaired) electrons. The Morgan fingerprint density at radius 1 is 0.259 bits per heavy atom. The number of aliphatic hydroxyl groups excluding tert-OH is 8. The Kier molecular flexibility index (Phi) is 22.9. The summed E-state index contributed by atoms with van der Waals surface area (Å²) in [5, 5.41) is 75.8. The first-order valence-electron chi connectivity index (χ1n) is 16.2. The van der Waals surface area contributed by atoms with Gasteiger partial charge < -0.3 is 40.9 Å². The van der Waals surface area contributed by atoms with Crippen molar-refractivity contribution in [2.75, 3.05) is 144 Å². The SMILES string of the molecule is OCOP1(OCO)=NCCP(OCO)(OCOP2(OCOP3(OCO)=NCCP(OCO)(OCO)=NCC3)=NCCP(OCO)(OCO)=NCC2)=NCC1. The first-order valence-corrected chi connectivity index (χ1v) is 26.8. The molecule has 320 valence electrons. The third kappa shape index (κ3) is 15.0. The lowest BCUT2D eigenvalue weighted by atomic mass is 10.8. The maximum Gasteiger partial charge on any atom is 0.218 e. The molecule has 0 fully saturated rings. The standard InChI is InChI=1S/C22H52N6O20P6/c29-13-37-49(38-14-30)7-1-26-52(43-19-35,10-4-23-49)45-21-47-54(12-6-25-51(41-17-33,42-18-34)9-3-28-54)48-22-46-53(44-20-36)11-5-24-50(39-15-31,40-16-32)8-2-27-53/h29-36H,1-22H2. The summed E-state index contributed by atoms with van der Waals surface area (Å²) in [5.74, 6) is 0. The van der Waals surface area contributed by atoms with Crippen LogP contribution < -0.4 is 0 Å². The zero-order valence-corrected chi connectivity index (χ0v) is 34.8. The number of rotatable bonds is 24. The predicted molar refractivity (Wildman–Crippen MR) is 194 cm³/mol. The van der Waals surface area contributed by atoms with Gasteiger partial charge in [-0.1, -0.05) is 0 Å². The van der Waals surface area contributed by atoms with Crippen molar-refractivity contribution in [1.82, 2.24) is 0 Å². The normalized spacial score (nSPS) is 28.4. The van der Waals surface area contributed by atoms with Crippen LogP contribution in [0.5, 0.6) is 0 Å². The maximum absolute atomic E-state index is 9.74. The summed E-state index contributed by atoms with van der Waals surface area (Å²) in [6.07, 6.45) is 0.372. The second-order valence-electron chi connectivity index (χ2n) is 10.2. The molecule has 0 aromatic heterocycles. The van der Waals surface area contributed by atoms with E-state index in [2.05, 4.69) is 23.7 Å². The first kappa shape index (κ1) is 48.9. The van der Waals surface area contributed by atoms with Crippen molar-refractivity contribution in [3.8, 4) is 0 Å². The van der Waals surface area contributed by atoms with Crippen LogP contribution in [0.1, 0.15) is 0 Å². The van der Waals surface area contributed by atoms with Gasteiger partial charge in [0.2, 0.25) is 45.0 Å². The molecule has 0 spiro atoms. The van der Waals surface area contributed by atoms with Gasteiger partial charge in [-0.05, 0) is 0 Å². The molecule has 0 saturated carbocycles. The lowest BCUT2D eigenvalue weighted by Gasteiger charge is -2.31. The molecule has 54 heavy (non-hydrogen) atoms. The van der Waals surface area contributed by atoms with E-state index >= 15 is 0 Å². The van der Waals surface area contributed by atoms with Gasteiger partial charge in [0.1, 0.15) is 0 Å². The summed E-state index contributed by atoms with van der Waals surface area (Å²) in [6, 6.07) is 0. The monoisotopic (exact) mass is 906 g/mol. The van der Waals surface area contributed by atoms with Crippen LogP contribution >= 0.6 is 45.0 Å². The van der Waals surface area contributed by atoms with Crippen LogP contribution in [0.25, 0.3) is 0 Å². The Labute approximate surface area is 312 Å². The third-order valence-electron chi connectivity index (χ3n) is 7.28. The number of aliphatic hydroxyl groups is 8. The molecule has 0 saturated heterocycles. The molecule has 2 atom stereocenters. The molecule has 2 unspecified atom stereocenters. The van der Waals surface area contributed by atoms with Crippen LogP contribution in [-0.2, 0) is 54.3 Å². The molecule has 0 aliphatic carbocycles. The molecule has 26 nitrogen and oxygen atoms in total. The maximum atomic E-state index is 9.74. The Bertz CT molecular complexity index is 1360. The van der Waals surface area contributed by atoms with Crippen molar-refractivity contribution in [2.45, 2.75) is 0 Å². The minimum absolute atomic E-state index is 0.0125. The van der Waals surface area contributed by atoms with Gasteiger partial charge in [-0.2, -0.15) is 0 Å². The summed E-state index contributed by atoms with van der Waals surface area (Å²) >= 11 is 0. The van der Waals surface area contributed by atoms with E-state index in [4.69, 9.17) is 59.0 Å². The first-order chi connectivity index (χ1) is 26.1. The molecule has 3 rings (SSSR count). The molecule has 0 bridgehead atoms. The van der Waals surface area contributed by atoms with E-state index in [0.29, 0.717) is 0 Å². The quantitative estimate of drug-likeness (QED) is 0.0506. The van der Waals surface area contributed by atoms with Crippen LogP contribution in [0.15, 0.2) is 28.5 Å². The fourth-order valence-electron chi connectivity index (χ4n) is 4.95. The highest BCUT2D eigenvalue weighted by Gasteiger charge is 2.34. The van der Waals surface area contributed by atoms with Crippen LogP contribution in [0.3, 0.4) is 0 Å². The lowest BCUT2D eigenvalue weighted by Crippen LogP contribution is -2.15. The Morgan fingerprint density at radius 2 is 0.407 bits per heavy atom. The Balaban J connectivity index is 1.84. The summed E-state index contributed by atoms with van der Waals surface area (Å²) in [4.78, 5) is 0. The van der Waals surface area contributed by atoms with E-state index in [1.807, 2.05) is 0 Å². The van der Waals surface area contributed by atoms with Gasteiger partial charge in [0.05, 0.1) is 76.2 Å². The minimum atomic E-state index is -3.35. The number of hydrogen-bond donors (Lipinski definition) is 8. The van der Waals surface area contributed by atoms with Gasteiger partial charge in [-0.3, -0.25) is 82.8 Å². The molecular weight excluding hydrogens is 854 g/mol. The zero-order valence-electron chi connectivity index (χ0n) is 29.4. The Morgan fingerprint density at radius 3 is 0.574 bits per heavy atom. The van der Waals surface area contributed by atoms with Crippen molar-refractivity contribution in [3.05, 3.63) is 0 Å². The van der Waals surface area contributed by atoms with Crippen LogP contribution in [0, 0.1) is 0 Å². The molecule has 0 amide bonds. The Hall–Kier alpha value is 0.580. The highest BCUT2D eigenvalue weighted by atomic mass is 31.2. The highest BCUT2D eigenvalue weighted by Crippen LogP contribution is 2.62. The number of hydrogen-bond acceptors (Lipinski definition) is 26.